The summed E-state index contributed by atoms with van der Waals surface area (Å²) in [4.78, 5) is 0. The molecule has 0 aromatic heterocycles. The van der Waals surface area contributed by atoms with Crippen LogP contribution in [0.15, 0.2) is 78.9 Å². The third-order valence-corrected chi connectivity index (χ3v) is 6.28. The number of ether oxygens (including phenoxy) is 2. The normalized spacial score (nSPS) is 13.1. The van der Waals surface area contributed by atoms with Crippen molar-refractivity contribution in [3.63, 3.8) is 0 Å². The minimum absolute atomic E-state index is 0.608. The Morgan fingerprint density at radius 3 is 1.87 bits per heavy atom. The Hall–Kier alpha value is -2.31. The Balaban J connectivity index is 1.90. The van der Waals surface area contributed by atoms with Gasteiger partial charge in [-0.3, -0.25) is 0 Å². The van der Waals surface area contributed by atoms with Crippen LogP contribution in [0.2, 0.25) is 0 Å². The van der Waals surface area contributed by atoms with E-state index in [0.717, 1.165) is 11.5 Å². The highest BCUT2D eigenvalue weighted by molar-refractivity contribution is 7.80. The van der Waals surface area contributed by atoms with Gasteiger partial charge in [0.05, 0.1) is 0 Å². The summed E-state index contributed by atoms with van der Waals surface area (Å²) >= 11 is 0. The first-order valence-electron chi connectivity index (χ1n) is 7.72. The molecule has 2 nitrogen and oxygen atoms in total. The van der Waals surface area contributed by atoms with Gasteiger partial charge in [0.25, 0.3) is 0 Å². The molecular weight excluding hydrogens is 303 g/mol. The predicted octanol–water partition coefficient (Wildman–Crippen LogP) is 3.22. The fourth-order valence-corrected chi connectivity index (χ4v) is 5.22. The highest BCUT2D eigenvalue weighted by Gasteiger charge is 2.24. The average Bonchev–Trinajstić information content (AvgIpc) is 2.64. The first-order valence-corrected chi connectivity index (χ1v) is 9.06. The maximum absolute atomic E-state index is 5.97. The summed E-state index contributed by atoms with van der Waals surface area (Å²) < 4.78 is 11.7. The lowest BCUT2D eigenvalue weighted by molar-refractivity contribution is 0.173. The van der Waals surface area contributed by atoms with E-state index < -0.39 is 7.92 Å². The first-order chi connectivity index (χ1) is 11.4. The van der Waals surface area contributed by atoms with Gasteiger partial charge in [0.1, 0.15) is 13.2 Å². The molecule has 1 aliphatic rings. The van der Waals surface area contributed by atoms with Crippen molar-refractivity contribution in [1.82, 2.24) is 0 Å². The Labute approximate surface area is 137 Å². The molecule has 1 aliphatic heterocycles. The van der Waals surface area contributed by atoms with E-state index in [1.165, 1.54) is 15.9 Å². The van der Waals surface area contributed by atoms with Crippen LogP contribution in [0.5, 0.6) is 11.5 Å². The molecule has 114 valence electrons. The monoisotopic (exact) mass is 320 g/mol. The van der Waals surface area contributed by atoms with E-state index in [-0.39, 0.29) is 0 Å². The van der Waals surface area contributed by atoms with Crippen molar-refractivity contribution in [2.24, 2.45) is 0 Å². The molecule has 4 rings (SSSR count). The molecule has 0 fully saturated rings. The van der Waals surface area contributed by atoms with Crippen LogP contribution in [0, 0.1) is 0 Å². The maximum Gasteiger partial charge on any atom is 0.169 e. The maximum atomic E-state index is 5.97. The Morgan fingerprint density at radius 1 is 0.609 bits per heavy atom. The third kappa shape index (κ3) is 2.83. The Morgan fingerprint density at radius 2 is 1.22 bits per heavy atom. The van der Waals surface area contributed by atoms with Gasteiger partial charge in [0.15, 0.2) is 11.5 Å². The minimum atomic E-state index is -0.666. The molecular formula is C20H17O2P. The summed E-state index contributed by atoms with van der Waals surface area (Å²) in [5, 5.41) is 3.85. The highest BCUT2D eigenvalue weighted by Crippen LogP contribution is 2.40. The van der Waals surface area contributed by atoms with Gasteiger partial charge < -0.3 is 9.47 Å². The number of benzene rings is 3. The molecule has 0 N–H and O–H groups in total. The van der Waals surface area contributed by atoms with Crippen molar-refractivity contribution in [1.29, 1.82) is 0 Å². The smallest absolute Gasteiger partial charge is 0.169 e. The molecule has 0 atom stereocenters. The van der Waals surface area contributed by atoms with Crippen molar-refractivity contribution >= 4 is 23.8 Å². The quantitative estimate of drug-likeness (QED) is 0.690. The van der Waals surface area contributed by atoms with Crippen LogP contribution in [-0.2, 0) is 0 Å². The molecule has 0 saturated heterocycles. The van der Waals surface area contributed by atoms with Crippen LogP contribution in [-0.4, -0.2) is 13.2 Å². The van der Waals surface area contributed by atoms with E-state index in [0.29, 0.717) is 13.2 Å². The SMILES string of the molecule is c1ccc(P(c2ccccc2)c2cccc3c2OCCO3)cc1. The van der Waals surface area contributed by atoms with Crippen LogP contribution in [0.25, 0.3) is 0 Å². The summed E-state index contributed by atoms with van der Waals surface area (Å²) in [5.41, 5.74) is 0. The van der Waals surface area contributed by atoms with E-state index in [9.17, 15) is 0 Å². The second-order valence-electron chi connectivity index (χ2n) is 5.31. The standard InChI is InChI=1S/C20H17O2P/c1-3-8-16(9-4-1)23(17-10-5-2-6-11-17)19-13-7-12-18-20(19)22-15-14-21-18/h1-13H,14-15H2. The topological polar surface area (TPSA) is 18.5 Å². The summed E-state index contributed by atoms with van der Waals surface area (Å²) in [5.74, 6) is 1.76. The minimum Gasteiger partial charge on any atom is -0.486 e. The molecule has 0 bridgehead atoms. The zero-order chi connectivity index (χ0) is 15.5. The Kier molecular flexibility index (Phi) is 4.00. The van der Waals surface area contributed by atoms with Crippen LogP contribution in [0.1, 0.15) is 0 Å². The van der Waals surface area contributed by atoms with Gasteiger partial charge in [0.2, 0.25) is 0 Å². The molecule has 3 aromatic rings. The molecule has 3 heteroatoms. The average molecular weight is 320 g/mol. The second-order valence-corrected chi connectivity index (χ2v) is 7.49. The summed E-state index contributed by atoms with van der Waals surface area (Å²) in [6.45, 7) is 1.22. The van der Waals surface area contributed by atoms with E-state index in [1.54, 1.807) is 0 Å². The molecule has 3 aromatic carbocycles. The van der Waals surface area contributed by atoms with Gasteiger partial charge in [-0.1, -0.05) is 66.7 Å². The van der Waals surface area contributed by atoms with E-state index >= 15 is 0 Å². The fraction of sp³-hybridized carbons (Fsp3) is 0.100. The number of hydrogen-bond acceptors (Lipinski definition) is 2. The van der Waals surface area contributed by atoms with Gasteiger partial charge in [-0.05, 0) is 30.7 Å². The lowest BCUT2D eigenvalue weighted by atomic mass is 10.3. The van der Waals surface area contributed by atoms with Crippen molar-refractivity contribution in [3.8, 4) is 11.5 Å². The van der Waals surface area contributed by atoms with Gasteiger partial charge in [-0.25, -0.2) is 0 Å². The van der Waals surface area contributed by atoms with Crippen LogP contribution >= 0.6 is 7.92 Å². The molecule has 0 unspecified atom stereocenters. The molecule has 0 radical (unpaired) electrons. The Bertz CT molecular complexity index is 748. The predicted molar refractivity (Wildman–Crippen MR) is 96.1 cm³/mol. The van der Waals surface area contributed by atoms with Crippen LogP contribution in [0.4, 0.5) is 0 Å². The van der Waals surface area contributed by atoms with Crippen molar-refractivity contribution in [3.05, 3.63) is 78.9 Å². The molecule has 0 aliphatic carbocycles. The van der Waals surface area contributed by atoms with Crippen LogP contribution in [0.3, 0.4) is 0 Å². The van der Waals surface area contributed by atoms with E-state index in [4.69, 9.17) is 9.47 Å². The molecule has 0 saturated carbocycles. The summed E-state index contributed by atoms with van der Waals surface area (Å²) in [7, 11) is -0.666. The fourth-order valence-electron chi connectivity index (χ4n) is 2.82. The number of fused-ring (bicyclic) bond motifs is 1. The largest absolute Gasteiger partial charge is 0.486 e. The summed E-state index contributed by atoms with van der Waals surface area (Å²) in [6.07, 6.45) is 0. The van der Waals surface area contributed by atoms with Gasteiger partial charge in [-0.15, -0.1) is 0 Å². The molecule has 23 heavy (non-hydrogen) atoms. The lowest BCUT2D eigenvalue weighted by Crippen LogP contribution is -2.26. The molecule has 1 heterocycles. The number of rotatable bonds is 3. The first kappa shape index (κ1) is 14.3. The highest BCUT2D eigenvalue weighted by atomic mass is 31.1. The van der Waals surface area contributed by atoms with Crippen molar-refractivity contribution < 1.29 is 9.47 Å². The zero-order valence-corrected chi connectivity index (χ0v) is 13.6. The molecule has 0 amide bonds. The second kappa shape index (κ2) is 6.44. The molecule has 0 spiro atoms. The van der Waals surface area contributed by atoms with Crippen LogP contribution < -0.4 is 25.4 Å². The third-order valence-electron chi connectivity index (χ3n) is 3.82. The number of hydrogen-bond donors (Lipinski definition) is 0. The van der Waals surface area contributed by atoms with E-state index in [1.807, 2.05) is 6.07 Å². The van der Waals surface area contributed by atoms with Gasteiger partial charge >= 0.3 is 0 Å². The van der Waals surface area contributed by atoms with Gasteiger partial charge in [0, 0.05) is 5.30 Å². The summed E-state index contributed by atoms with van der Waals surface area (Å²) in [6, 6.07) is 27.5. The number of para-hydroxylation sites is 1. The lowest BCUT2D eigenvalue weighted by Gasteiger charge is -2.26. The van der Waals surface area contributed by atoms with E-state index in [2.05, 4.69) is 72.8 Å². The zero-order valence-electron chi connectivity index (χ0n) is 12.7. The van der Waals surface area contributed by atoms with Crippen molar-refractivity contribution in [2.75, 3.05) is 13.2 Å². The van der Waals surface area contributed by atoms with Crippen molar-refractivity contribution in [2.45, 2.75) is 0 Å². The van der Waals surface area contributed by atoms with Gasteiger partial charge in [-0.2, -0.15) is 0 Å².